The summed E-state index contributed by atoms with van der Waals surface area (Å²) in [6, 6.07) is 0. The molecule has 3 nitrogen and oxygen atoms in total. The lowest BCUT2D eigenvalue weighted by Crippen LogP contribution is -2.49. The Kier molecular flexibility index (Phi) is 2.66. The number of carbonyl (C=O) groups excluding carboxylic acids is 1. The fourth-order valence-corrected chi connectivity index (χ4v) is 4.76. The van der Waals surface area contributed by atoms with Gasteiger partial charge in [0, 0.05) is 5.57 Å². The molecule has 3 rings (SSSR count). The number of ether oxygens (including phenoxy) is 2. The number of epoxide rings is 1. The Labute approximate surface area is 115 Å². The number of methoxy groups -OCH3 is 1. The van der Waals surface area contributed by atoms with Gasteiger partial charge < -0.3 is 9.47 Å². The van der Waals surface area contributed by atoms with E-state index in [4.69, 9.17) is 9.47 Å². The van der Waals surface area contributed by atoms with Crippen molar-refractivity contribution in [2.24, 2.45) is 11.3 Å². The summed E-state index contributed by atoms with van der Waals surface area (Å²) in [5.41, 5.74) is 0.933. The highest BCUT2D eigenvalue weighted by Gasteiger charge is 2.76. The SMILES string of the molecule is C=C(C(=O)OC)[C@@H]1CC[C@@]2(C)CCCC3(C)O[C@]32C1. The number of hydrogen-bond acceptors (Lipinski definition) is 3. The Morgan fingerprint density at radius 2 is 2.05 bits per heavy atom. The topological polar surface area (TPSA) is 38.8 Å². The highest BCUT2D eigenvalue weighted by molar-refractivity contribution is 5.88. The Balaban J connectivity index is 1.83. The zero-order valence-corrected chi connectivity index (χ0v) is 12.3. The van der Waals surface area contributed by atoms with Crippen molar-refractivity contribution in [1.29, 1.82) is 0 Å². The fourth-order valence-electron chi connectivity index (χ4n) is 4.76. The van der Waals surface area contributed by atoms with E-state index in [1.165, 1.54) is 20.0 Å². The van der Waals surface area contributed by atoms with E-state index < -0.39 is 0 Å². The summed E-state index contributed by atoms with van der Waals surface area (Å²) in [5, 5.41) is 0. The van der Waals surface area contributed by atoms with E-state index in [-0.39, 0.29) is 28.5 Å². The predicted octanol–water partition coefficient (Wildman–Crippen LogP) is 3.23. The quantitative estimate of drug-likeness (QED) is 0.436. The van der Waals surface area contributed by atoms with E-state index in [1.54, 1.807) is 0 Å². The molecule has 1 spiro atoms. The Hall–Kier alpha value is -0.830. The minimum atomic E-state index is -0.261. The second kappa shape index (κ2) is 3.85. The molecule has 2 saturated carbocycles. The molecule has 19 heavy (non-hydrogen) atoms. The summed E-state index contributed by atoms with van der Waals surface area (Å²) in [4.78, 5) is 11.7. The summed E-state index contributed by atoms with van der Waals surface area (Å²) < 4.78 is 11.1. The van der Waals surface area contributed by atoms with Crippen molar-refractivity contribution >= 4 is 5.97 Å². The molecule has 0 N–H and O–H groups in total. The van der Waals surface area contributed by atoms with Crippen LogP contribution in [0.15, 0.2) is 12.2 Å². The van der Waals surface area contributed by atoms with Gasteiger partial charge in [0.15, 0.2) is 0 Å². The molecule has 4 atom stereocenters. The molecule has 0 amide bonds. The van der Waals surface area contributed by atoms with E-state index in [1.807, 2.05) is 0 Å². The minimum Gasteiger partial charge on any atom is -0.466 e. The molecule has 0 bridgehead atoms. The molecule has 0 aromatic carbocycles. The molecule has 1 aliphatic heterocycles. The van der Waals surface area contributed by atoms with Crippen molar-refractivity contribution in [3.05, 3.63) is 12.2 Å². The van der Waals surface area contributed by atoms with E-state index >= 15 is 0 Å². The molecule has 3 aliphatic rings. The number of carbonyl (C=O) groups is 1. The highest BCUT2D eigenvalue weighted by atomic mass is 16.6. The smallest absolute Gasteiger partial charge is 0.333 e. The zero-order chi connectivity index (χ0) is 13.9. The first kappa shape index (κ1) is 13.2. The molecule has 3 heteroatoms. The lowest BCUT2D eigenvalue weighted by atomic mass is 9.54. The Morgan fingerprint density at radius 1 is 1.32 bits per heavy atom. The average molecular weight is 264 g/mol. The fraction of sp³-hybridized carbons (Fsp3) is 0.812. The minimum absolute atomic E-state index is 0.0157. The largest absolute Gasteiger partial charge is 0.466 e. The molecule has 106 valence electrons. The molecular formula is C16H24O3. The maximum Gasteiger partial charge on any atom is 0.333 e. The van der Waals surface area contributed by atoms with E-state index in [0.717, 1.165) is 25.7 Å². The van der Waals surface area contributed by atoms with Crippen molar-refractivity contribution < 1.29 is 14.3 Å². The van der Waals surface area contributed by atoms with E-state index in [2.05, 4.69) is 20.4 Å². The summed E-state index contributed by atoms with van der Waals surface area (Å²) in [5.74, 6) is -0.0383. The van der Waals surface area contributed by atoms with Crippen LogP contribution in [0.2, 0.25) is 0 Å². The van der Waals surface area contributed by atoms with Gasteiger partial charge in [-0.25, -0.2) is 4.79 Å². The first-order valence-electron chi connectivity index (χ1n) is 7.35. The van der Waals surface area contributed by atoms with Gasteiger partial charge >= 0.3 is 5.97 Å². The first-order valence-corrected chi connectivity index (χ1v) is 7.35. The maximum absolute atomic E-state index is 11.7. The summed E-state index contributed by atoms with van der Waals surface area (Å²) in [6.07, 6.45) is 6.76. The molecule has 1 unspecified atom stereocenters. The van der Waals surface area contributed by atoms with Gasteiger partial charge in [-0.1, -0.05) is 13.5 Å². The molecule has 1 heterocycles. The molecular weight excluding hydrogens is 240 g/mol. The Bertz CT molecular complexity index is 443. The van der Waals surface area contributed by atoms with Gasteiger partial charge in [0.25, 0.3) is 0 Å². The molecule has 1 saturated heterocycles. The van der Waals surface area contributed by atoms with Gasteiger partial charge in [-0.2, -0.15) is 0 Å². The molecule has 0 aromatic rings. The zero-order valence-electron chi connectivity index (χ0n) is 12.3. The number of rotatable bonds is 2. The van der Waals surface area contributed by atoms with Crippen LogP contribution in [0.4, 0.5) is 0 Å². The lowest BCUT2D eigenvalue weighted by Gasteiger charge is -2.47. The number of esters is 1. The van der Waals surface area contributed by atoms with Crippen molar-refractivity contribution in [1.82, 2.24) is 0 Å². The van der Waals surface area contributed by atoms with Crippen molar-refractivity contribution in [3.63, 3.8) is 0 Å². The highest BCUT2D eigenvalue weighted by Crippen LogP contribution is 2.71. The third-order valence-corrected chi connectivity index (χ3v) is 6.09. The van der Waals surface area contributed by atoms with Crippen LogP contribution in [-0.4, -0.2) is 24.3 Å². The van der Waals surface area contributed by atoms with Gasteiger partial charge in [0.2, 0.25) is 0 Å². The normalized spacial score (nSPS) is 47.8. The van der Waals surface area contributed by atoms with Crippen LogP contribution in [0, 0.1) is 11.3 Å². The van der Waals surface area contributed by atoms with Crippen LogP contribution in [0.1, 0.15) is 52.4 Å². The summed E-state index contributed by atoms with van der Waals surface area (Å²) >= 11 is 0. The predicted molar refractivity (Wildman–Crippen MR) is 72.7 cm³/mol. The molecule has 3 fully saturated rings. The van der Waals surface area contributed by atoms with Gasteiger partial charge in [-0.3, -0.25) is 0 Å². The molecule has 0 radical (unpaired) electrons. The van der Waals surface area contributed by atoms with Crippen LogP contribution < -0.4 is 0 Å². The Morgan fingerprint density at radius 3 is 2.74 bits per heavy atom. The number of hydrogen-bond donors (Lipinski definition) is 0. The van der Waals surface area contributed by atoms with Crippen LogP contribution in [0.5, 0.6) is 0 Å². The van der Waals surface area contributed by atoms with E-state index in [9.17, 15) is 4.79 Å². The second-order valence-corrected chi connectivity index (χ2v) is 7.03. The van der Waals surface area contributed by atoms with Crippen LogP contribution in [0.25, 0.3) is 0 Å². The average Bonchev–Trinajstić information content (AvgIpc) is 3.00. The van der Waals surface area contributed by atoms with Crippen molar-refractivity contribution in [3.8, 4) is 0 Å². The first-order chi connectivity index (χ1) is 8.87. The molecule has 0 aromatic heterocycles. The van der Waals surface area contributed by atoms with Crippen LogP contribution in [-0.2, 0) is 14.3 Å². The standard InChI is InChI=1S/C16H24O3/c1-11(13(17)18-4)12-6-9-14(2)7-5-8-15(3)16(14,10-12)19-15/h12H,1,5-10H2,2-4H3/t12-,14-,15?,16+/m1/s1. The summed E-state index contributed by atoms with van der Waals surface area (Å²) in [7, 11) is 1.43. The lowest BCUT2D eigenvalue weighted by molar-refractivity contribution is -0.137. The van der Waals surface area contributed by atoms with Crippen molar-refractivity contribution in [2.45, 2.75) is 63.6 Å². The van der Waals surface area contributed by atoms with E-state index in [0.29, 0.717) is 5.57 Å². The molecule has 2 aliphatic carbocycles. The van der Waals surface area contributed by atoms with Crippen molar-refractivity contribution in [2.75, 3.05) is 7.11 Å². The van der Waals surface area contributed by atoms with Gasteiger partial charge in [0.05, 0.1) is 12.7 Å². The maximum atomic E-state index is 11.7. The van der Waals surface area contributed by atoms with Gasteiger partial charge in [-0.15, -0.1) is 0 Å². The van der Waals surface area contributed by atoms with Gasteiger partial charge in [0.1, 0.15) is 5.60 Å². The third-order valence-electron chi connectivity index (χ3n) is 6.09. The third kappa shape index (κ3) is 1.57. The van der Waals surface area contributed by atoms with Crippen LogP contribution in [0.3, 0.4) is 0 Å². The van der Waals surface area contributed by atoms with Crippen LogP contribution >= 0.6 is 0 Å². The summed E-state index contributed by atoms with van der Waals surface area (Å²) in [6.45, 7) is 8.57. The van der Waals surface area contributed by atoms with Gasteiger partial charge in [-0.05, 0) is 56.8 Å². The second-order valence-electron chi connectivity index (χ2n) is 7.03. The monoisotopic (exact) mass is 264 g/mol.